The molecule has 1 fully saturated rings. The number of rotatable bonds is 4. The Morgan fingerprint density at radius 3 is 2.43 bits per heavy atom. The summed E-state index contributed by atoms with van der Waals surface area (Å²) < 4.78 is 26.5. The maximum Gasteiger partial charge on any atom is 0.244 e. The fraction of sp³-hybridized carbons (Fsp3) is 0.538. The Morgan fingerprint density at radius 1 is 1.33 bits per heavy atom. The molecule has 2 rings (SSSR count). The largest absolute Gasteiger partial charge is 0.392 e. The van der Waals surface area contributed by atoms with Crippen LogP contribution in [0.15, 0.2) is 29.4 Å². The van der Waals surface area contributed by atoms with Gasteiger partial charge in [-0.1, -0.05) is 12.2 Å². The van der Waals surface area contributed by atoms with Crippen LogP contribution in [0.3, 0.4) is 0 Å². The SMILES string of the molecule is CC(C)(C(N)=S)N1CCN(S(=O)(=O)c2cccnc2)CC1. The van der Waals surface area contributed by atoms with E-state index in [1.165, 1.54) is 10.5 Å². The van der Waals surface area contributed by atoms with E-state index in [0.717, 1.165) is 0 Å². The lowest BCUT2D eigenvalue weighted by molar-refractivity contribution is 0.123. The van der Waals surface area contributed by atoms with Crippen LogP contribution in [0.1, 0.15) is 13.8 Å². The zero-order valence-electron chi connectivity index (χ0n) is 12.2. The van der Waals surface area contributed by atoms with Crippen molar-refractivity contribution in [2.75, 3.05) is 26.2 Å². The van der Waals surface area contributed by atoms with E-state index in [-0.39, 0.29) is 4.90 Å². The van der Waals surface area contributed by atoms with E-state index in [2.05, 4.69) is 9.88 Å². The molecule has 116 valence electrons. The summed E-state index contributed by atoms with van der Waals surface area (Å²) in [7, 11) is -3.47. The number of thiocarbonyl (C=S) groups is 1. The molecule has 0 atom stereocenters. The molecule has 0 bridgehead atoms. The number of pyridine rings is 1. The van der Waals surface area contributed by atoms with Crippen molar-refractivity contribution in [3.63, 3.8) is 0 Å². The van der Waals surface area contributed by atoms with Gasteiger partial charge in [-0.05, 0) is 26.0 Å². The molecule has 0 unspecified atom stereocenters. The third-order valence-electron chi connectivity index (χ3n) is 3.90. The van der Waals surface area contributed by atoms with Gasteiger partial charge < -0.3 is 5.73 Å². The Bertz CT molecular complexity index is 608. The Balaban J connectivity index is 2.10. The van der Waals surface area contributed by atoms with Gasteiger partial charge in [0.2, 0.25) is 10.0 Å². The van der Waals surface area contributed by atoms with Gasteiger partial charge in [0.25, 0.3) is 0 Å². The lowest BCUT2D eigenvalue weighted by Crippen LogP contribution is -2.59. The number of aromatic nitrogens is 1. The predicted octanol–water partition coefficient (Wildman–Crippen LogP) is 0.453. The highest BCUT2D eigenvalue weighted by Gasteiger charge is 2.35. The second kappa shape index (κ2) is 5.96. The van der Waals surface area contributed by atoms with Crippen LogP contribution < -0.4 is 5.73 Å². The molecular formula is C13H20N4O2S2. The molecule has 1 aromatic rings. The predicted molar refractivity (Wildman–Crippen MR) is 85.4 cm³/mol. The summed E-state index contributed by atoms with van der Waals surface area (Å²) in [6.07, 6.45) is 2.93. The first-order valence-electron chi connectivity index (χ1n) is 6.71. The van der Waals surface area contributed by atoms with Crippen LogP contribution in [-0.2, 0) is 10.0 Å². The number of sulfonamides is 1. The van der Waals surface area contributed by atoms with Gasteiger partial charge in [-0.25, -0.2) is 8.42 Å². The van der Waals surface area contributed by atoms with Gasteiger partial charge >= 0.3 is 0 Å². The van der Waals surface area contributed by atoms with Crippen molar-refractivity contribution in [3.8, 4) is 0 Å². The van der Waals surface area contributed by atoms with E-state index >= 15 is 0 Å². The first-order chi connectivity index (χ1) is 9.76. The van der Waals surface area contributed by atoms with Crippen LogP contribution in [0.2, 0.25) is 0 Å². The van der Waals surface area contributed by atoms with Crippen LogP contribution in [0.4, 0.5) is 0 Å². The highest BCUT2D eigenvalue weighted by molar-refractivity contribution is 7.89. The van der Waals surface area contributed by atoms with E-state index in [1.54, 1.807) is 18.3 Å². The monoisotopic (exact) mass is 328 g/mol. The second-order valence-electron chi connectivity index (χ2n) is 5.50. The maximum absolute atomic E-state index is 12.5. The minimum atomic E-state index is -3.47. The first kappa shape index (κ1) is 16.3. The van der Waals surface area contributed by atoms with Gasteiger partial charge in [0, 0.05) is 38.6 Å². The molecule has 0 saturated carbocycles. The second-order valence-corrected chi connectivity index (χ2v) is 7.88. The molecule has 0 aromatic carbocycles. The highest BCUT2D eigenvalue weighted by atomic mass is 32.2. The van der Waals surface area contributed by atoms with Gasteiger partial charge in [0.1, 0.15) is 4.90 Å². The number of hydrogen-bond donors (Lipinski definition) is 1. The van der Waals surface area contributed by atoms with Crippen molar-refractivity contribution >= 4 is 27.2 Å². The lowest BCUT2D eigenvalue weighted by Gasteiger charge is -2.42. The van der Waals surface area contributed by atoms with Crippen molar-refractivity contribution in [2.45, 2.75) is 24.3 Å². The molecular weight excluding hydrogens is 308 g/mol. The third-order valence-corrected chi connectivity index (χ3v) is 6.29. The molecule has 1 saturated heterocycles. The van der Waals surface area contributed by atoms with Crippen LogP contribution in [0.5, 0.6) is 0 Å². The Morgan fingerprint density at radius 2 is 1.95 bits per heavy atom. The Labute approximate surface area is 131 Å². The van der Waals surface area contributed by atoms with Crippen LogP contribution >= 0.6 is 12.2 Å². The number of nitrogens with two attached hydrogens (primary N) is 1. The zero-order valence-corrected chi connectivity index (χ0v) is 13.8. The van der Waals surface area contributed by atoms with Crippen molar-refractivity contribution in [1.29, 1.82) is 0 Å². The average molecular weight is 328 g/mol. The molecule has 2 heterocycles. The van der Waals surface area contributed by atoms with Gasteiger partial charge in [0.05, 0.1) is 10.5 Å². The summed E-state index contributed by atoms with van der Waals surface area (Å²) in [6.45, 7) is 5.96. The van der Waals surface area contributed by atoms with Crippen molar-refractivity contribution in [2.24, 2.45) is 5.73 Å². The topological polar surface area (TPSA) is 79.5 Å². The third kappa shape index (κ3) is 3.23. The molecule has 1 aliphatic rings. The summed E-state index contributed by atoms with van der Waals surface area (Å²) >= 11 is 5.09. The standard InChI is InChI=1S/C13H20N4O2S2/c1-13(2,12(14)20)16-6-8-17(9-7-16)21(18,19)11-4-3-5-15-10-11/h3-5,10H,6-9H2,1-2H3,(H2,14,20). The summed E-state index contributed by atoms with van der Waals surface area (Å²) in [4.78, 5) is 6.64. The molecule has 0 aliphatic carbocycles. The quantitative estimate of drug-likeness (QED) is 0.809. The molecule has 0 amide bonds. The normalized spacial score (nSPS) is 18.6. The van der Waals surface area contributed by atoms with Gasteiger partial charge in [0.15, 0.2) is 0 Å². The zero-order chi connectivity index (χ0) is 15.7. The fourth-order valence-electron chi connectivity index (χ4n) is 2.29. The molecule has 1 aliphatic heterocycles. The Kier molecular flexibility index (Phi) is 4.62. The van der Waals surface area contributed by atoms with Crippen molar-refractivity contribution in [1.82, 2.24) is 14.2 Å². The molecule has 0 radical (unpaired) electrons. The lowest BCUT2D eigenvalue weighted by atomic mass is 10.0. The fourth-order valence-corrected chi connectivity index (χ4v) is 3.81. The minimum Gasteiger partial charge on any atom is -0.392 e. The summed E-state index contributed by atoms with van der Waals surface area (Å²) in [5.41, 5.74) is 5.36. The summed E-state index contributed by atoms with van der Waals surface area (Å²) in [6, 6.07) is 3.19. The van der Waals surface area contributed by atoms with Gasteiger partial charge in [-0.15, -0.1) is 0 Å². The van der Waals surface area contributed by atoms with Gasteiger partial charge in [-0.2, -0.15) is 4.31 Å². The maximum atomic E-state index is 12.5. The molecule has 6 nitrogen and oxygen atoms in total. The minimum absolute atomic E-state index is 0.229. The smallest absolute Gasteiger partial charge is 0.244 e. The molecule has 2 N–H and O–H groups in total. The molecule has 0 spiro atoms. The average Bonchev–Trinajstić information content (AvgIpc) is 2.48. The van der Waals surface area contributed by atoms with Gasteiger partial charge in [-0.3, -0.25) is 9.88 Å². The molecule has 1 aromatic heterocycles. The number of piperazine rings is 1. The van der Waals surface area contributed by atoms with Crippen molar-refractivity contribution in [3.05, 3.63) is 24.5 Å². The first-order valence-corrected chi connectivity index (χ1v) is 8.56. The number of nitrogens with zero attached hydrogens (tertiary/aromatic N) is 3. The van der Waals surface area contributed by atoms with Crippen LogP contribution in [0.25, 0.3) is 0 Å². The molecule has 21 heavy (non-hydrogen) atoms. The van der Waals surface area contributed by atoms with Crippen molar-refractivity contribution < 1.29 is 8.42 Å². The Hall–Kier alpha value is -1.09. The van der Waals surface area contributed by atoms with Crippen LogP contribution in [0, 0.1) is 0 Å². The molecule has 8 heteroatoms. The van der Waals surface area contributed by atoms with E-state index in [1.807, 2.05) is 13.8 Å². The number of hydrogen-bond acceptors (Lipinski definition) is 5. The van der Waals surface area contributed by atoms with E-state index < -0.39 is 15.6 Å². The summed E-state index contributed by atoms with van der Waals surface area (Å²) in [5, 5.41) is 0. The summed E-state index contributed by atoms with van der Waals surface area (Å²) in [5.74, 6) is 0. The van der Waals surface area contributed by atoms with E-state index in [0.29, 0.717) is 31.2 Å². The van der Waals surface area contributed by atoms with E-state index in [9.17, 15) is 8.42 Å². The van der Waals surface area contributed by atoms with Crippen LogP contribution in [-0.4, -0.2) is 59.3 Å². The van der Waals surface area contributed by atoms with E-state index in [4.69, 9.17) is 18.0 Å². The highest BCUT2D eigenvalue weighted by Crippen LogP contribution is 2.21.